The van der Waals surface area contributed by atoms with Crippen LogP contribution < -0.4 is 11.1 Å². The average Bonchev–Trinajstić information content (AvgIpc) is 3.13. The fraction of sp³-hybridized carbons (Fsp3) is 0.294. The molecule has 3 rings (SSSR count). The summed E-state index contributed by atoms with van der Waals surface area (Å²) < 4.78 is 2.80. The number of rotatable bonds is 7. The van der Waals surface area contributed by atoms with Crippen LogP contribution in [0.2, 0.25) is 0 Å². The minimum atomic E-state index is -0.382. The van der Waals surface area contributed by atoms with Gasteiger partial charge < -0.3 is 15.6 Å². The van der Waals surface area contributed by atoms with Gasteiger partial charge in [0.25, 0.3) is 0 Å². The summed E-state index contributed by atoms with van der Waals surface area (Å²) in [4.78, 5) is 32.3. The van der Waals surface area contributed by atoms with E-state index in [2.05, 4.69) is 15.3 Å². The molecule has 26 heavy (non-hydrogen) atoms. The van der Waals surface area contributed by atoms with Crippen molar-refractivity contribution in [2.75, 3.05) is 11.1 Å². The molecule has 2 aromatic heterocycles. The van der Waals surface area contributed by atoms with Gasteiger partial charge in [-0.15, -0.1) is 11.8 Å². The Kier molecular flexibility index (Phi) is 5.58. The van der Waals surface area contributed by atoms with Gasteiger partial charge >= 0.3 is 0 Å². The molecule has 136 valence electrons. The van der Waals surface area contributed by atoms with Gasteiger partial charge in [0.05, 0.1) is 26.7 Å². The van der Waals surface area contributed by atoms with Crippen molar-refractivity contribution in [2.24, 2.45) is 5.73 Å². The molecular formula is C17H19N5O2S2. The van der Waals surface area contributed by atoms with Crippen LogP contribution in [0, 0.1) is 6.92 Å². The SMILES string of the molecule is CCc1nc2ccccc2n1CC(=O)Nc1nc(C)c(SCC(N)=O)s1. The first-order valence-electron chi connectivity index (χ1n) is 8.10. The van der Waals surface area contributed by atoms with Gasteiger partial charge in [-0.2, -0.15) is 0 Å². The van der Waals surface area contributed by atoms with E-state index in [0.717, 1.165) is 33.2 Å². The van der Waals surface area contributed by atoms with Gasteiger partial charge in [-0.1, -0.05) is 30.4 Å². The van der Waals surface area contributed by atoms with Crippen molar-refractivity contribution in [2.45, 2.75) is 31.0 Å². The molecule has 1 aromatic carbocycles. The second-order valence-corrected chi connectivity index (χ2v) is 7.89. The fourth-order valence-electron chi connectivity index (χ4n) is 2.58. The van der Waals surface area contributed by atoms with Crippen molar-refractivity contribution >= 4 is 51.1 Å². The lowest BCUT2D eigenvalue weighted by Crippen LogP contribution is -2.20. The molecule has 9 heteroatoms. The van der Waals surface area contributed by atoms with Gasteiger partial charge in [0.2, 0.25) is 11.8 Å². The molecule has 0 saturated carbocycles. The quantitative estimate of drug-likeness (QED) is 0.605. The first kappa shape index (κ1) is 18.4. The number of imidazole rings is 1. The maximum Gasteiger partial charge on any atom is 0.246 e. The number of amides is 2. The standard InChI is InChI=1S/C17H19N5O2S2/c1-3-14-20-11-6-4-5-7-12(11)22(14)8-15(24)21-17-19-10(2)16(26-17)25-9-13(18)23/h4-7H,3,8-9H2,1-2H3,(H2,18,23)(H,19,21,24). The minimum absolute atomic E-state index is 0.164. The second-order valence-electron chi connectivity index (χ2n) is 5.65. The van der Waals surface area contributed by atoms with Crippen molar-refractivity contribution in [3.8, 4) is 0 Å². The van der Waals surface area contributed by atoms with Crippen molar-refractivity contribution in [1.29, 1.82) is 0 Å². The Hall–Kier alpha value is -2.39. The van der Waals surface area contributed by atoms with Crippen LogP contribution in [-0.2, 0) is 22.6 Å². The summed E-state index contributed by atoms with van der Waals surface area (Å²) in [5.74, 6) is 0.516. The van der Waals surface area contributed by atoms with Crippen LogP contribution in [-0.4, -0.2) is 32.1 Å². The van der Waals surface area contributed by atoms with E-state index < -0.39 is 0 Å². The van der Waals surface area contributed by atoms with Gasteiger partial charge in [-0.25, -0.2) is 9.97 Å². The lowest BCUT2D eigenvalue weighted by molar-refractivity contribution is -0.117. The van der Waals surface area contributed by atoms with E-state index in [-0.39, 0.29) is 24.1 Å². The van der Waals surface area contributed by atoms with Gasteiger partial charge in [0.15, 0.2) is 5.13 Å². The molecule has 2 heterocycles. The van der Waals surface area contributed by atoms with Crippen LogP contribution in [0.5, 0.6) is 0 Å². The summed E-state index contributed by atoms with van der Waals surface area (Å²) in [5.41, 5.74) is 7.77. The number of fused-ring (bicyclic) bond motifs is 1. The highest BCUT2D eigenvalue weighted by molar-refractivity contribution is 8.01. The summed E-state index contributed by atoms with van der Waals surface area (Å²) in [7, 11) is 0. The summed E-state index contributed by atoms with van der Waals surface area (Å²) >= 11 is 2.67. The van der Waals surface area contributed by atoms with E-state index in [9.17, 15) is 9.59 Å². The number of aryl methyl sites for hydroxylation is 2. The predicted octanol–water partition coefficient (Wildman–Crippen LogP) is 2.58. The Morgan fingerprint density at radius 1 is 1.31 bits per heavy atom. The lowest BCUT2D eigenvalue weighted by atomic mass is 10.3. The van der Waals surface area contributed by atoms with E-state index in [1.54, 1.807) is 0 Å². The number of thiazole rings is 1. The number of thioether (sulfide) groups is 1. The molecule has 0 bridgehead atoms. The van der Waals surface area contributed by atoms with E-state index in [4.69, 9.17) is 5.73 Å². The Balaban J connectivity index is 1.74. The molecule has 0 fully saturated rings. The Morgan fingerprint density at radius 2 is 2.08 bits per heavy atom. The fourth-order valence-corrected chi connectivity index (χ4v) is 4.47. The Morgan fingerprint density at radius 3 is 2.81 bits per heavy atom. The molecule has 0 spiro atoms. The number of carbonyl (C=O) groups excluding carboxylic acids is 2. The normalized spacial score (nSPS) is 11.0. The number of primary amides is 1. The highest BCUT2D eigenvalue weighted by Gasteiger charge is 2.15. The molecule has 0 unspecified atom stereocenters. The average molecular weight is 390 g/mol. The largest absolute Gasteiger partial charge is 0.369 e. The molecule has 0 aliphatic rings. The summed E-state index contributed by atoms with van der Waals surface area (Å²) in [6, 6.07) is 7.77. The molecule has 0 aliphatic heterocycles. The highest BCUT2D eigenvalue weighted by atomic mass is 32.2. The maximum absolute atomic E-state index is 12.5. The zero-order valence-corrected chi connectivity index (χ0v) is 16.1. The molecule has 3 aromatic rings. The van der Waals surface area contributed by atoms with Gasteiger partial charge in [-0.05, 0) is 19.1 Å². The number of benzene rings is 1. The molecular weight excluding hydrogens is 370 g/mol. The van der Waals surface area contributed by atoms with Crippen LogP contribution in [0.3, 0.4) is 0 Å². The van der Waals surface area contributed by atoms with Crippen molar-refractivity contribution in [1.82, 2.24) is 14.5 Å². The zero-order valence-electron chi connectivity index (χ0n) is 14.5. The number of aromatic nitrogens is 3. The monoisotopic (exact) mass is 389 g/mol. The molecule has 0 aliphatic carbocycles. The van der Waals surface area contributed by atoms with Gasteiger partial charge in [0.1, 0.15) is 12.4 Å². The van der Waals surface area contributed by atoms with Crippen LogP contribution in [0.25, 0.3) is 11.0 Å². The third kappa shape index (κ3) is 4.05. The number of carbonyl (C=O) groups is 2. The van der Waals surface area contributed by atoms with Crippen LogP contribution >= 0.6 is 23.1 Å². The first-order valence-corrected chi connectivity index (χ1v) is 9.90. The first-order chi connectivity index (χ1) is 12.5. The van der Waals surface area contributed by atoms with Crippen molar-refractivity contribution < 1.29 is 9.59 Å². The van der Waals surface area contributed by atoms with E-state index in [0.29, 0.717) is 5.13 Å². The molecule has 7 nitrogen and oxygen atoms in total. The summed E-state index contributed by atoms with van der Waals surface area (Å²) in [6.07, 6.45) is 0.742. The zero-order chi connectivity index (χ0) is 18.7. The number of nitrogens with two attached hydrogens (primary N) is 1. The van der Waals surface area contributed by atoms with E-state index in [1.807, 2.05) is 42.7 Å². The van der Waals surface area contributed by atoms with E-state index in [1.165, 1.54) is 23.1 Å². The predicted molar refractivity (Wildman–Crippen MR) is 105 cm³/mol. The molecule has 2 amide bonds. The third-order valence-electron chi connectivity index (χ3n) is 3.70. The van der Waals surface area contributed by atoms with Crippen molar-refractivity contribution in [3.63, 3.8) is 0 Å². The van der Waals surface area contributed by atoms with Crippen LogP contribution in [0.4, 0.5) is 5.13 Å². The van der Waals surface area contributed by atoms with Gasteiger partial charge in [0, 0.05) is 6.42 Å². The minimum Gasteiger partial charge on any atom is -0.369 e. The number of hydrogen-bond donors (Lipinski definition) is 2. The smallest absolute Gasteiger partial charge is 0.246 e. The molecule has 0 atom stereocenters. The third-order valence-corrected chi connectivity index (χ3v) is 6.15. The number of anilines is 1. The molecule has 0 radical (unpaired) electrons. The number of hydrogen-bond acceptors (Lipinski definition) is 6. The van der Waals surface area contributed by atoms with Crippen molar-refractivity contribution in [3.05, 3.63) is 35.8 Å². The number of nitrogens with one attached hydrogen (secondary N) is 1. The van der Waals surface area contributed by atoms with Crippen LogP contribution in [0.1, 0.15) is 18.4 Å². The topological polar surface area (TPSA) is 103 Å². The molecule has 0 saturated heterocycles. The lowest BCUT2D eigenvalue weighted by Gasteiger charge is -2.07. The van der Waals surface area contributed by atoms with E-state index >= 15 is 0 Å². The second kappa shape index (κ2) is 7.88. The molecule has 3 N–H and O–H groups in total. The highest BCUT2D eigenvalue weighted by Crippen LogP contribution is 2.31. The summed E-state index contributed by atoms with van der Waals surface area (Å²) in [5, 5.41) is 3.35. The Bertz CT molecular complexity index is 963. The Labute approximate surface area is 159 Å². The number of para-hydroxylation sites is 2. The van der Waals surface area contributed by atoms with Crippen LogP contribution in [0.15, 0.2) is 28.5 Å². The maximum atomic E-state index is 12.5. The summed E-state index contributed by atoms with van der Waals surface area (Å²) in [6.45, 7) is 4.03. The van der Waals surface area contributed by atoms with Gasteiger partial charge in [-0.3, -0.25) is 9.59 Å². The number of nitrogens with zero attached hydrogens (tertiary/aromatic N) is 3.